The first kappa shape index (κ1) is 18.9. The van der Waals surface area contributed by atoms with E-state index in [1.165, 1.54) is 12.3 Å². The number of hydrogen-bond acceptors (Lipinski definition) is 4. The zero-order valence-electron chi connectivity index (χ0n) is 15.0. The van der Waals surface area contributed by atoms with E-state index in [0.29, 0.717) is 12.8 Å². The minimum absolute atomic E-state index is 0.0167. The van der Waals surface area contributed by atoms with Gasteiger partial charge < -0.3 is 14.7 Å². The van der Waals surface area contributed by atoms with Crippen LogP contribution in [0.4, 0.5) is 18.0 Å². The van der Waals surface area contributed by atoms with Crippen molar-refractivity contribution < 1.29 is 27.8 Å². The predicted molar refractivity (Wildman–Crippen MR) is 87.3 cm³/mol. The molecule has 1 aromatic heterocycles. The van der Waals surface area contributed by atoms with Crippen molar-refractivity contribution in [2.45, 2.75) is 75.9 Å². The van der Waals surface area contributed by atoms with Crippen LogP contribution in [0.15, 0.2) is 18.3 Å². The molecule has 3 heterocycles. The Bertz CT molecular complexity index is 686. The van der Waals surface area contributed by atoms with Crippen LogP contribution >= 0.6 is 0 Å². The lowest BCUT2D eigenvalue weighted by molar-refractivity contribution is -0.143. The molecule has 26 heavy (non-hydrogen) atoms. The SMILES string of the molecule is CC(C)(C)OC(=O)N1C2CCC1CC(O)(c1ncccc1C(F)(F)F)C2. The second-order valence-corrected chi connectivity index (χ2v) is 8.11. The third kappa shape index (κ3) is 3.51. The zero-order chi connectivity index (χ0) is 19.3. The Morgan fingerprint density at radius 1 is 1.27 bits per heavy atom. The highest BCUT2D eigenvalue weighted by atomic mass is 19.4. The standard InChI is InChI=1S/C18H23F3N2O3/c1-16(2,3)26-15(24)23-11-6-7-12(23)10-17(25,9-11)14-13(18(19,20)21)5-4-8-22-14/h4-5,8,11-12,25H,6-7,9-10H2,1-3H3. The fraction of sp³-hybridized carbons (Fsp3) is 0.667. The van der Waals surface area contributed by atoms with Gasteiger partial charge >= 0.3 is 12.3 Å². The molecule has 2 aliphatic rings. The van der Waals surface area contributed by atoms with Gasteiger partial charge in [-0.2, -0.15) is 13.2 Å². The van der Waals surface area contributed by atoms with Gasteiger partial charge in [-0.05, 0) is 45.7 Å². The fourth-order valence-electron chi connectivity index (χ4n) is 4.04. The van der Waals surface area contributed by atoms with Gasteiger partial charge in [-0.15, -0.1) is 0 Å². The van der Waals surface area contributed by atoms with Gasteiger partial charge in [0.25, 0.3) is 0 Å². The van der Waals surface area contributed by atoms with Gasteiger partial charge in [0, 0.05) is 31.1 Å². The van der Waals surface area contributed by atoms with E-state index >= 15 is 0 Å². The van der Waals surface area contributed by atoms with Crippen LogP contribution in [0.3, 0.4) is 0 Å². The second-order valence-electron chi connectivity index (χ2n) is 8.11. The van der Waals surface area contributed by atoms with E-state index in [-0.39, 0.29) is 30.6 Å². The Morgan fingerprint density at radius 3 is 2.35 bits per heavy atom. The minimum atomic E-state index is -4.60. The van der Waals surface area contributed by atoms with Gasteiger partial charge in [0.05, 0.1) is 11.3 Å². The molecule has 0 radical (unpaired) electrons. The number of hydrogen-bond donors (Lipinski definition) is 1. The molecule has 2 fully saturated rings. The molecule has 0 spiro atoms. The van der Waals surface area contributed by atoms with E-state index in [9.17, 15) is 23.1 Å². The van der Waals surface area contributed by atoms with Crippen molar-refractivity contribution >= 4 is 6.09 Å². The van der Waals surface area contributed by atoms with Crippen molar-refractivity contribution in [2.24, 2.45) is 0 Å². The van der Waals surface area contributed by atoms with Crippen LogP contribution in [0.25, 0.3) is 0 Å². The Hall–Kier alpha value is -1.83. The quantitative estimate of drug-likeness (QED) is 0.813. The summed E-state index contributed by atoms with van der Waals surface area (Å²) < 4.78 is 45.4. The monoisotopic (exact) mass is 372 g/mol. The number of carbonyl (C=O) groups excluding carboxylic acids is 1. The molecule has 0 aromatic carbocycles. The van der Waals surface area contributed by atoms with Crippen molar-refractivity contribution in [3.8, 4) is 0 Å². The number of fused-ring (bicyclic) bond motifs is 2. The highest BCUT2D eigenvalue weighted by Gasteiger charge is 2.53. The largest absolute Gasteiger partial charge is 0.444 e. The number of alkyl halides is 3. The average molecular weight is 372 g/mol. The molecule has 1 N–H and O–H groups in total. The van der Waals surface area contributed by atoms with Gasteiger partial charge in [0.1, 0.15) is 11.2 Å². The first-order chi connectivity index (χ1) is 11.9. The number of carbonyl (C=O) groups is 1. The summed E-state index contributed by atoms with van der Waals surface area (Å²) in [7, 11) is 0. The van der Waals surface area contributed by atoms with Gasteiger partial charge in [0.2, 0.25) is 0 Å². The van der Waals surface area contributed by atoms with E-state index in [0.717, 1.165) is 6.07 Å². The lowest BCUT2D eigenvalue weighted by atomic mass is 9.81. The molecule has 8 heteroatoms. The maximum atomic E-state index is 13.3. The molecule has 2 atom stereocenters. The number of aliphatic hydroxyl groups is 1. The predicted octanol–water partition coefficient (Wildman–Crippen LogP) is 3.85. The Morgan fingerprint density at radius 2 is 1.85 bits per heavy atom. The number of pyridine rings is 1. The second kappa shape index (κ2) is 6.11. The molecule has 2 saturated heterocycles. The molecule has 0 saturated carbocycles. The van der Waals surface area contributed by atoms with Crippen molar-refractivity contribution in [1.29, 1.82) is 0 Å². The number of rotatable bonds is 1. The molecular formula is C18H23F3N2O3. The molecule has 0 aliphatic carbocycles. The summed E-state index contributed by atoms with van der Waals surface area (Å²) in [5, 5.41) is 11.1. The van der Waals surface area contributed by atoms with Crippen LogP contribution in [0.1, 0.15) is 57.7 Å². The van der Waals surface area contributed by atoms with Gasteiger partial charge in [-0.1, -0.05) is 0 Å². The molecule has 2 aliphatic heterocycles. The van der Waals surface area contributed by atoms with Crippen LogP contribution in [0, 0.1) is 0 Å². The summed E-state index contributed by atoms with van der Waals surface area (Å²) in [6.45, 7) is 5.28. The molecule has 1 aromatic rings. The van der Waals surface area contributed by atoms with Crippen LogP contribution in [0.2, 0.25) is 0 Å². The Labute approximate surface area is 150 Å². The molecule has 5 nitrogen and oxygen atoms in total. The lowest BCUT2D eigenvalue weighted by Gasteiger charge is -2.44. The molecule has 144 valence electrons. The van der Waals surface area contributed by atoms with Crippen molar-refractivity contribution in [1.82, 2.24) is 9.88 Å². The van der Waals surface area contributed by atoms with Gasteiger partial charge in [0.15, 0.2) is 0 Å². The molecular weight excluding hydrogens is 349 g/mol. The maximum absolute atomic E-state index is 13.3. The van der Waals surface area contributed by atoms with Gasteiger partial charge in [-0.25, -0.2) is 4.79 Å². The minimum Gasteiger partial charge on any atom is -0.444 e. The number of halogens is 3. The normalized spacial score (nSPS) is 29.0. The van der Waals surface area contributed by atoms with Crippen molar-refractivity contribution in [3.63, 3.8) is 0 Å². The smallest absolute Gasteiger partial charge is 0.418 e. The highest BCUT2D eigenvalue weighted by molar-refractivity contribution is 5.69. The Kier molecular flexibility index (Phi) is 4.45. The van der Waals surface area contributed by atoms with Crippen molar-refractivity contribution in [2.75, 3.05) is 0 Å². The summed E-state index contributed by atoms with van der Waals surface area (Å²) in [4.78, 5) is 17.9. The molecule has 1 amide bonds. The number of piperidine rings is 1. The lowest BCUT2D eigenvalue weighted by Crippen LogP contribution is -2.53. The third-order valence-corrected chi connectivity index (χ3v) is 4.92. The van der Waals surface area contributed by atoms with E-state index in [1.807, 2.05) is 0 Å². The van der Waals surface area contributed by atoms with Crippen LogP contribution < -0.4 is 0 Å². The molecule has 2 bridgehead atoms. The van der Waals surface area contributed by atoms with E-state index < -0.39 is 29.0 Å². The summed E-state index contributed by atoms with van der Waals surface area (Å²) >= 11 is 0. The number of ether oxygens (including phenoxy) is 1. The summed E-state index contributed by atoms with van der Waals surface area (Å²) in [6.07, 6.45) is -2.54. The van der Waals surface area contributed by atoms with Crippen LogP contribution in [-0.4, -0.2) is 38.8 Å². The van der Waals surface area contributed by atoms with Crippen LogP contribution in [-0.2, 0) is 16.5 Å². The summed E-state index contributed by atoms with van der Waals surface area (Å²) in [5.74, 6) is 0. The van der Waals surface area contributed by atoms with E-state index in [4.69, 9.17) is 4.74 Å². The first-order valence-electron chi connectivity index (χ1n) is 8.67. The van der Waals surface area contributed by atoms with Crippen molar-refractivity contribution in [3.05, 3.63) is 29.6 Å². The zero-order valence-corrected chi connectivity index (χ0v) is 15.0. The molecule has 3 rings (SSSR count). The average Bonchev–Trinajstić information content (AvgIpc) is 2.78. The fourth-order valence-corrected chi connectivity index (χ4v) is 4.04. The maximum Gasteiger partial charge on any atom is 0.418 e. The van der Waals surface area contributed by atoms with E-state index in [2.05, 4.69) is 4.98 Å². The van der Waals surface area contributed by atoms with Crippen LogP contribution in [0.5, 0.6) is 0 Å². The first-order valence-corrected chi connectivity index (χ1v) is 8.67. The topological polar surface area (TPSA) is 62.7 Å². The van der Waals surface area contributed by atoms with E-state index in [1.54, 1.807) is 25.7 Å². The number of amides is 1. The third-order valence-electron chi connectivity index (χ3n) is 4.92. The highest BCUT2D eigenvalue weighted by Crippen LogP contribution is 2.48. The summed E-state index contributed by atoms with van der Waals surface area (Å²) in [5.41, 5.74) is -3.65. The molecule has 2 unspecified atom stereocenters. The Balaban J connectivity index is 1.88. The van der Waals surface area contributed by atoms with Gasteiger partial charge in [-0.3, -0.25) is 4.98 Å². The number of aromatic nitrogens is 1. The number of nitrogens with zero attached hydrogens (tertiary/aromatic N) is 2. The summed E-state index contributed by atoms with van der Waals surface area (Å²) in [6, 6.07) is 1.41.